The Morgan fingerprint density at radius 3 is 2.52 bits per heavy atom. The molecule has 0 radical (unpaired) electrons. The molecule has 0 fully saturated rings. The smallest absolute Gasteiger partial charge is 0.343 e. The summed E-state index contributed by atoms with van der Waals surface area (Å²) in [7, 11) is 0. The summed E-state index contributed by atoms with van der Waals surface area (Å²) in [6, 6.07) is 8.45. The lowest BCUT2D eigenvalue weighted by atomic mass is 10.1. The molecule has 0 unspecified atom stereocenters. The highest BCUT2D eigenvalue weighted by Gasteiger charge is 2.19. The molecule has 112 valence electrons. The number of anilines is 1. The van der Waals surface area contributed by atoms with Crippen LogP contribution in [0.5, 0.6) is 0 Å². The molecule has 0 aliphatic carbocycles. The Hall–Kier alpha value is -1.88. The Morgan fingerprint density at radius 1 is 1.24 bits per heavy atom. The molecule has 0 amide bonds. The fourth-order valence-corrected chi connectivity index (χ4v) is 2.79. The number of aromatic nitrogens is 1. The predicted molar refractivity (Wildman–Crippen MR) is 86.0 cm³/mol. The first-order chi connectivity index (χ1) is 10.2. The van der Waals surface area contributed by atoms with E-state index in [1.807, 2.05) is 6.92 Å². The van der Waals surface area contributed by atoms with E-state index in [4.69, 9.17) is 4.74 Å². The van der Waals surface area contributed by atoms with Gasteiger partial charge in [0.05, 0.1) is 12.3 Å². The number of hydrogen-bond acceptors (Lipinski definition) is 5. The summed E-state index contributed by atoms with van der Waals surface area (Å²) < 4.78 is 9.32. The van der Waals surface area contributed by atoms with Crippen molar-refractivity contribution in [1.29, 1.82) is 0 Å². The average Bonchev–Trinajstić information content (AvgIpc) is 2.87. The summed E-state index contributed by atoms with van der Waals surface area (Å²) in [6.07, 6.45) is 1.04. The lowest BCUT2D eigenvalue weighted by molar-refractivity contribution is 0.0527. The second-order valence-corrected chi connectivity index (χ2v) is 5.49. The summed E-state index contributed by atoms with van der Waals surface area (Å²) in [6.45, 7) is 6.79. The number of hydrogen-bond donors (Lipinski definition) is 1. The molecule has 0 saturated carbocycles. The molecule has 2 rings (SSSR count). The standard InChI is InChI=1S/C16H20N2O2S/c1-4-12-6-8-13(9-7-12)10-17-15-14(11(3)18-21-15)16(19)20-5-2/h6-9,17H,4-5,10H2,1-3H3. The second-order valence-electron chi connectivity index (χ2n) is 4.72. The van der Waals surface area contributed by atoms with Crippen LogP contribution in [0.15, 0.2) is 24.3 Å². The first-order valence-electron chi connectivity index (χ1n) is 7.10. The Balaban J connectivity index is 2.07. The van der Waals surface area contributed by atoms with Crippen LogP contribution in [0.1, 0.15) is 41.0 Å². The van der Waals surface area contributed by atoms with Gasteiger partial charge in [0.25, 0.3) is 0 Å². The first-order valence-corrected chi connectivity index (χ1v) is 7.88. The summed E-state index contributed by atoms with van der Waals surface area (Å²) in [5.74, 6) is -0.312. The van der Waals surface area contributed by atoms with Crippen molar-refractivity contribution in [3.05, 3.63) is 46.6 Å². The molecular formula is C16H20N2O2S. The predicted octanol–water partition coefficient (Wildman–Crippen LogP) is 3.80. The Morgan fingerprint density at radius 2 is 1.90 bits per heavy atom. The molecule has 2 aromatic rings. The molecule has 0 spiro atoms. The molecule has 4 nitrogen and oxygen atoms in total. The molecule has 1 aromatic heterocycles. The molecule has 0 bridgehead atoms. The van der Waals surface area contributed by atoms with Crippen molar-refractivity contribution in [1.82, 2.24) is 4.37 Å². The van der Waals surface area contributed by atoms with Crippen molar-refractivity contribution in [2.75, 3.05) is 11.9 Å². The van der Waals surface area contributed by atoms with Crippen LogP contribution >= 0.6 is 11.5 Å². The van der Waals surface area contributed by atoms with Crippen molar-refractivity contribution in [3.8, 4) is 0 Å². The summed E-state index contributed by atoms with van der Waals surface area (Å²) in [5.41, 5.74) is 3.75. The molecule has 1 N–H and O–H groups in total. The van der Waals surface area contributed by atoms with Crippen LogP contribution in [0.4, 0.5) is 5.00 Å². The fourth-order valence-electron chi connectivity index (χ4n) is 2.01. The molecule has 0 aliphatic rings. The lowest BCUT2D eigenvalue weighted by Crippen LogP contribution is -2.09. The van der Waals surface area contributed by atoms with E-state index < -0.39 is 0 Å². The highest BCUT2D eigenvalue weighted by Crippen LogP contribution is 2.26. The quantitative estimate of drug-likeness (QED) is 0.825. The van der Waals surface area contributed by atoms with Crippen molar-refractivity contribution in [2.45, 2.75) is 33.7 Å². The van der Waals surface area contributed by atoms with Gasteiger partial charge in [0.2, 0.25) is 0 Å². The van der Waals surface area contributed by atoms with Crippen LogP contribution in [-0.4, -0.2) is 16.9 Å². The van der Waals surface area contributed by atoms with E-state index in [-0.39, 0.29) is 5.97 Å². The Kier molecular flexibility index (Phi) is 5.33. The van der Waals surface area contributed by atoms with E-state index in [1.54, 1.807) is 6.92 Å². The molecular weight excluding hydrogens is 284 g/mol. The number of nitrogens with zero attached hydrogens (tertiary/aromatic N) is 1. The number of carbonyl (C=O) groups excluding carboxylic acids is 1. The third-order valence-electron chi connectivity index (χ3n) is 3.23. The van der Waals surface area contributed by atoms with Gasteiger partial charge in [0, 0.05) is 6.54 Å². The van der Waals surface area contributed by atoms with E-state index in [9.17, 15) is 4.79 Å². The average molecular weight is 304 g/mol. The minimum atomic E-state index is -0.312. The topological polar surface area (TPSA) is 51.2 Å². The number of carbonyl (C=O) groups is 1. The van der Waals surface area contributed by atoms with E-state index in [0.29, 0.717) is 24.4 Å². The zero-order valence-electron chi connectivity index (χ0n) is 12.6. The fraction of sp³-hybridized carbons (Fsp3) is 0.375. The maximum absolute atomic E-state index is 11.9. The Bertz CT molecular complexity index is 605. The summed E-state index contributed by atoms with van der Waals surface area (Å²) >= 11 is 1.30. The van der Waals surface area contributed by atoms with E-state index in [1.165, 1.54) is 22.7 Å². The maximum Gasteiger partial charge on any atom is 0.343 e. The van der Waals surface area contributed by atoms with Crippen LogP contribution in [0, 0.1) is 6.92 Å². The maximum atomic E-state index is 11.9. The molecule has 0 saturated heterocycles. The van der Waals surface area contributed by atoms with Gasteiger partial charge in [-0.05, 0) is 42.9 Å². The molecule has 0 aliphatic heterocycles. The minimum Gasteiger partial charge on any atom is -0.462 e. The second kappa shape index (κ2) is 7.22. The normalized spacial score (nSPS) is 10.4. The van der Waals surface area contributed by atoms with Gasteiger partial charge in [-0.1, -0.05) is 31.2 Å². The van der Waals surface area contributed by atoms with Gasteiger partial charge in [-0.2, -0.15) is 4.37 Å². The van der Waals surface area contributed by atoms with Crippen molar-refractivity contribution in [2.24, 2.45) is 0 Å². The van der Waals surface area contributed by atoms with E-state index in [0.717, 1.165) is 11.4 Å². The van der Waals surface area contributed by atoms with Crippen LogP contribution in [-0.2, 0) is 17.7 Å². The summed E-state index contributed by atoms with van der Waals surface area (Å²) in [5, 5.41) is 4.05. The minimum absolute atomic E-state index is 0.312. The number of rotatable bonds is 6. The molecule has 0 atom stereocenters. The van der Waals surface area contributed by atoms with Gasteiger partial charge in [0.1, 0.15) is 10.6 Å². The zero-order chi connectivity index (χ0) is 15.2. The summed E-state index contributed by atoms with van der Waals surface area (Å²) in [4.78, 5) is 11.9. The van der Waals surface area contributed by atoms with Crippen molar-refractivity contribution < 1.29 is 9.53 Å². The third-order valence-corrected chi connectivity index (χ3v) is 4.12. The van der Waals surface area contributed by atoms with Gasteiger partial charge < -0.3 is 10.1 Å². The largest absolute Gasteiger partial charge is 0.462 e. The molecule has 5 heteroatoms. The third kappa shape index (κ3) is 3.82. The molecule has 1 aromatic carbocycles. The number of nitrogens with one attached hydrogen (secondary N) is 1. The first kappa shape index (κ1) is 15.5. The number of benzene rings is 1. The number of esters is 1. The van der Waals surface area contributed by atoms with Gasteiger partial charge in [-0.15, -0.1) is 0 Å². The van der Waals surface area contributed by atoms with E-state index in [2.05, 4.69) is 40.9 Å². The van der Waals surface area contributed by atoms with Gasteiger partial charge in [-0.3, -0.25) is 0 Å². The van der Waals surface area contributed by atoms with Gasteiger partial charge in [-0.25, -0.2) is 4.79 Å². The molecule has 21 heavy (non-hydrogen) atoms. The van der Waals surface area contributed by atoms with Crippen molar-refractivity contribution in [3.63, 3.8) is 0 Å². The lowest BCUT2D eigenvalue weighted by Gasteiger charge is -2.07. The highest BCUT2D eigenvalue weighted by molar-refractivity contribution is 7.10. The van der Waals surface area contributed by atoms with Gasteiger partial charge in [0.15, 0.2) is 0 Å². The van der Waals surface area contributed by atoms with Crippen molar-refractivity contribution >= 4 is 22.5 Å². The molecule has 1 heterocycles. The number of aryl methyl sites for hydroxylation is 2. The van der Waals surface area contributed by atoms with E-state index >= 15 is 0 Å². The Labute approximate surface area is 129 Å². The van der Waals surface area contributed by atoms with Crippen LogP contribution in [0.25, 0.3) is 0 Å². The number of ether oxygens (including phenoxy) is 1. The highest BCUT2D eigenvalue weighted by atomic mass is 32.1. The van der Waals surface area contributed by atoms with Crippen LogP contribution in [0.2, 0.25) is 0 Å². The van der Waals surface area contributed by atoms with Crippen LogP contribution < -0.4 is 5.32 Å². The zero-order valence-corrected chi connectivity index (χ0v) is 13.4. The monoisotopic (exact) mass is 304 g/mol. The van der Waals surface area contributed by atoms with Crippen LogP contribution in [0.3, 0.4) is 0 Å². The van der Waals surface area contributed by atoms with Gasteiger partial charge >= 0.3 is 5.97 Å². The SMILES string of the molecule is CCOC(=O)c1c(C)nsc1NCc1ccc(CC)cc1.